The van der Waals surface area contributed by atoms with Gasteiger partial charge < -0.3 is 9.80 Å². The average Bonchev–Trinajstić information content (AvgIpc) is 3.35. The summed E-state index contributed by atoms with van der Waals surface area (Å²) in [5, 5.41) is 0. The van der Waals surface area contributed by atoms with Crippen LogP contribution in [0.15, 0.2) is 224 Å². The Hall–Kier alpha value is -7.36. The minimum Gasteiger partial charge on any atom is -0.311 e. The fourth-order valence-electron chi connectivity index (χ4n) is 10.2. The monoisotopic (exact) mass is 808 g/mol. The summed E-state index contributed by atoms with van der Waals surface area (Å²) in [5.74, 6) is 0. The molecule has 0 radical (unpaired) electrons. The molecule has 9 aromatic carbocycles. The second-order valence-electron chi connectivity index (χ2n) is 18.2. The number of hydrogen-bond donors (Lipinski definition) is 0. The Morgan fingerprint density at radius 3 is 1.03 bits per heavy atom. The highest BCUT2D eigenvalue weighted by Crippen LogP contribution is 2.47. The van der Waals surface area contributed by atoms with Gasteiger partial charge in [-0.15, -0.1) is 0 Å². The fraction of sp³-hybridized carbons (Fsp3) is 0.100. The molecular formula is C60H49BN2. The molecule has 2 aliphatic heterocycles. The first kappa shape index (κ1) is 38.6. The van der Waals surface area contributed by atoms with Crippen LogP contribution < -0.4 is 26.2 Å². The average molecular weight is 809 g/mol. The van der Waals surface area contributed by atoms with Gasteiger partial charge in [0.1, 0.15) is 0 Å². The van der Waals surface area contributed by atoms with E-state index in [9.17, 15) is 0 Å². The van der Waals surface area contributed by atoms with Crippen molar-refractivity contribution >= 4 is 57.2 Å². The van der Waals surface area contributed by atoms with Gasteiger partial charge in [0.15, 0.2) is 0 Å². The fourth-order valence-corrected chi connectivity index (χ4v) is 10.2. The maximum atomic E-state index is 2.53. The molecule has 0 spiro atoms. The van der Waals surface area contributed by atoms with E-state index in [2.05, 4.69) is 262 Å². The molecule has 0 atom stereocenters. The van der Waals surface area contributed by atoms with Crippen LogP contribution in [0.2, 0.25) is 0 Å². The van der Waals surface area contributed by atoms with Gasteiger partial charge in [0.25, 0.3) is 6.71 Å². The standard InChI is InChI=1S/C60H49BN2/c1-59(2,46-22-13-7-14-23-46)48-32-38-52-56(40-48)62(50-34-28-44(29-35-50)42-18-9-5-10-19-42)54-26-17-27-55-58(54)61(52)53-39-33-49(60(3,4)47-24-15-8-16-25-47)41-57(53)63(55)51-36-30-45(31-37-51)43-20-11-6-12-21-43/h5-41H,1-4H3. The highest BCUT2D eigenvalue weighted by molar-refractivity contribution is 7.00. The SMILES string of the molecule is CC(C)(c1ccccc1)c1ccc2c(c1)N(c1ccc(-c3ccccc3)cc1)c1cccc3c1B2c1ccc(C(C)(C)c2ccccc2)cc1N3c1ccc(-c2ccccc2)cc1. The molecule has 0 saturated carbocycles. The molecule has 3 heteroatoms. The Balaban J connectivity index is 1.14. The molecule has 2 aliphatic rings. The van der Waals surface area contributed by atoms with Crippen LogP contribution in [-0.4, -0.2) is 6.71 Å². The minimum atomic E-state index is -0.216. The highest BCUT2D eigenvalue weighted by atomic mass is 15.2. The molecule has 9 aromatic rings. The second kappa shape index (κ2) is 15.2. The van der Waals surface area contributed by atoms with Crippen molar-refractivity contribution in [3.05, 3.63) is 247 Å². The van der Waals surface area contributed by atoms with Gasteiger partial charge in [-0.2, -0.15) is 0 Å². The van der Waals surface area contributed by atoms with Crippen molar-refractivity contribution in [2.24, 2.45) is 0 Å². The van der Waals surface area contributed by atoms with Crippen molar-refractivity contribution in [3.8, 4) is 22.3 Å². The summed E-state index contributed by atoms with van der Waals surface area (Å²) >= 11 is 0. The first-order valence-corrected chi connectivity index (χ1v) is 22.2. The van der Waals surface area contributed by atoms with E-state index < -0.39 is 0 Å². The van der Waals surface area contributed by atoms with Crippen LogP contribution in [0.5, 0.6) is 0 Å². The molecular weight excluding hydrogens is 759 g/mol. The summed E-state index contributed by atoms with van der Waals surface area (Å²) in [6.07, 6.45) is 0. The molecule has 0 saturated heterocycles. The van der Waals surface area contributed by atoms with Gasteiger partial charge in [0.05, 0.1) is 0 Å². The lowest BCUT2D eigenvalue weighted by Gasteiger charge is -2.45. The molecule has 302 valence electrons. The van der Waals surface area contributed by atoms with Crippen molar-refractivity contribution in [3.63, 3.8) is 0 Å². The quantitative estimate of drug-likeness (QED) is 0.141. The third-order valence-corrected chi connectivity index (χ3v) is 13.9. The molecule has 0 N–H and O–H groups in total. The molecule has 0 amide bonds. The Labute approximate surface area is 372 Å². The number of hydrogen-bond acceptors (Lipinski definition) is 2. The topological polar surface area (TPSA) is 6.48 Å². The molecule has 0 unspecified atom stereocenters. The van der Waals surface area contributed by atoms with E-state index in [0.29, 0.717) is 0 Å². The van der Waals surface area contributed by atoms with Crippen molar-refractivity contribution < 1.29 is 0 Å². The Morgan fingerprint density at radius 1 is 0.302 bits per heavy atom. The third-order valence-electron chi connectivity index (χ3n) is 13.9. The summed E-state index contributed by atoms with van der Waals surface area (Å²) < 4.78 is 0. The summed E-state index contributed by atoms with van der Waals surface area (Å²) in [7, 11) is 0. The molecule has 11 rings (SSSR count). The van der Waals surface area contributed by atoms with Gasteiger partial charge in [0, 0.05) is 45.0 Å². The van der Waals surface area contributed by atoms with E-state index in [1.807, 2.05) is 0 Å². The molecule has 0 aromatic heterocycles. The van der Waals surface area contributed by atoms with Gasteiger partial charge >= 0.3 is 0 Å². The zero-order chi connectivity index (χ0) is 42.7. The normalized spacial score (nSPS) is 13.0. The molecule has 0 fully saturated rings. The number of benzene rings is 9. The number of rotatable bonds is 8. The van der Waals surface area contributed by atoms with Crippen molar-refractivity contribution in [1.82, 2.24) is 0 Å². The highest BCUT2D eigenvalue weighted by Gasteiger charge is 2.44. The van der Waals surface area contributed by atoms with E-state index in [-0.39, 0.29) is 17.5 Å². The zero-order valence-corrected chi connectivity index (χ0v) is 36.3. The number of fused-ring (bicyclic) bond motifs is 4. The van der Waals surface area contributed by atoms with Gasteiger partial charge in [-0.05, 0) is 109 Å². The Morgan fingerprint density at radius 2 is 0.651 bits per heavy atom. The molecule has 0 bridgehead atoms. The van der Waals surface area contributed by atoms with E-state index >= 15 is 0 Å². The zero-order valence-electron chi connectivity index (χ0n) is 36.3. The van der Waals surface area contributed by atoms with Crippen molar-refractivity contribution in [1.29, 1.82) is 0 Å². The number of anilines is 6. The maximum Gasteiger partial charge on any atom is 0.252 e. The predicted octanol–water partition coefficient (Wildman–Crippen LogP) is 13.8. The van der Waals surface area contributed by atoms with Crippen molar-refractivity contribution in [2.75, 3.05) is 9.80 Å². The predicted molar refractivity (Wildman–Crippen MR) is 268 cm³/mol. The van der Waals surface area contributed by atoms with Crippen LogP contribution in [-0.2, 0) is 10.8 Å². The summed E-state index contributed by atoms with van der Waals surface area (Å²) in [6.45, 7) is 9.43. The summed E-state index contributed by atoms with van der Waals surface area (Å²) in [4.78, 5) is 5.05. The van der Waals surface area contributed by atoms with Crippen LogP contribution in [0.25, 0.3) is 22.3 Å². The maximum absolute atomic E-state index is 2.53. The van der Waals surface area contributed by atoms with E-state index in [1.165, 1.54) is 83.6 Å². The van der Waals surface area contributed by atoms with Crippen LogP contribution >= 0.6 is 0 Å². The summed E-state index contributed by atoms with van der Waals surface area (Å²) in [6, 6.07) is 83.0. The largest absolute Gasteiger partial charge is 0.311 e. The third kappa shape index (κ3) is 6.50. The molecule has 63 heavy (non-hydrogen) atoms. The number of nitrogens with zero attached hydrogens (tertiary/aromatic N) is 2. The Kier molecular flexibility index (Phi) is 9.32. The Bertz CT molecular complexity index is 2880. The van der Waals surface area contributed by atoms with Crippen LogP contribution in [0.4, 0.5) is 34.1 Å². The van der Waals surface area contributed by atoms with Gasteiger partial charge in [0.2, 0.25) is 0 Å². The molecule has 2 nitrogen and oxygen atoms in total. The first-order chi connectivity index (χ1) is 30.8. The van der Waals surface area contributed by atoms with E-state index in [0.717, 1.165) is 11.4 Å². The molecule has 2 heterocycles. The minimum absolute atomic E-state index is 0.0173. The molecule has 0 aliphatic carbocycles. The lowest BCUT2D eigenvalue weighted by atomic mass is 9.33. The van der Waals surface area contributed by atoms with Gasteiger partial charge in [-0.1, -0.05) is 204 Å². The van der Waals surface area contributed by atoms with Crippen molar-refractivity contribution in [2.45, 2.75) is 38.5 Å². The smallest absolute Gasteiger partial charge is 0.252 e. The van der Waals surface area contributed by atoms with Crippen LogP contribution in [0.3, 0.4) is 0 Å². The summed E-state index contributed by atoms with van der Waals surface area (Å²) in [5.41, 5.74) is 20.7. The lowest BCUT2D eigenvalue weighted by molar-refractivity contribution is 0.641. The van der Waals surface area contributed by atoms with Gasteiger partial charge in [-0.3, -0.25) is 0 Å². The van der Waals surface area contributed by atoms with Crippen LogP contribution in [0, 0.1) is 0 Å². The lowest BCUT2D eigenvalue weighted by Crippen LogP contribution is -2.61. The second-order valence-corrected chi connectivity index (χ2v) is 18.2. The first-order valence-electron chi connectivity index (χ1n) is 22.2. The van der Waals surface area contributed by atoms with E-state index in [1.54, 1.807) is 0 Å². The van der Waals surface area contributed by atoms with Crippen LogP contribution in [0.1, 0.15) is 49.9 Å². The van der Waals surface area contributed by atoms with Gasteiger partial charge in [-0.25, -0.2) is 0 Å². The van der Waals surface area contributed by atoms with E-state index in [4.69, 9.17) is 0 Å².